The number of hydrogen-bond donors (Lipinski definition) is 0. The lowest BCUT2D eigenvalue weighted by atomic mass is 9.89. The molecule has 0 bridgehead atoms. The summed E-state index contributed by atoms with van der Waals surface area (Å²) >= 11 is 0. The summed E-state index contributed by atoms with van der Waals surface area (Å²) in [6.07, 6.45) is 0. The summed E-state index contributed by atoms with van der Waals surface area (Å²) in [5.74, 6) is 0.160. The minimum Gasteiger partial charge on any atom is -0.310 e. The standard InChI is InChI=1S/C59H41N/c1-4-16-42(17-5-1)52-39-34-47(40-56(52)44-18-6-2-7-19-44)41-30-35-48(36-31-41)60(49-37-32-45(33-38-49)51-27-14-23-43-20-10-11-24-50(43)51)57-29-15-28-55-58(46-21-8-3-9-22-46)53-25-12-13-26-54(53)59(55)57/h1-40,58H. The Kier molecular flexibility index (Phi) is 8.98. The molecule has 0 saturated carbocycles. The lowest BCUT2D eigenvalue weighted by Gasteiger charge is -2.28. The Morgan fingerprint density at radius 2 is 0.817 bits per heavy atom. The second-order valence-corrected chi connectivity index (χ2v) is 15.6. The van der Waals surface area contributed by atoms with Gasteiger partial charge in [0.1, 0.15) is 0 Å². The maximum absolute atomic E-state index is 2.45. The van der Waals surface area contributed by atoms with Gasteiger partial charge in [-0.3, -0.25) is 0 Å². The van der Waals surface area contributed by atoms with Crippen molar-refractivity contribution < 1.29 is 0 Å². The Labute approximate surface area is 352 Å². The monoisotopic (exact) mass is 763 g/mol. The quantitative estimate of drug-likeness (QED) is 0.149. The molecule has 0 aromatic heterocycles. The van der Waals surface area contributed by atoms with Gasteiger partial charge >= 0.3 is 0 Å². The predicted octanol–water partition coefficient (Wildman–Crippen LogP) is 16.1. The number of anilines is 3. The molecule has 1 heteroatoms. The lowest BCUT2D eigenvalue weighted by Crippen LogP contribution is -2.11. The molecule has 1 aliphatic rings. The smallest absolute Gasteiger partial charge is 0.0543 e. The van der Waals surface area contributed by atoms with E-state index in [1.165, 1.54) is 88.8 Å². The predicted molar refractivity (Wildman–Crippen MR) is 253 cm³/mol. The number of benzene rings is 10. The van der Waals surface area contributed by atoms with Crippen molar-refractivity contribution in [2.75, 3.05) is 4.90 Å². The zero-order chi connectivity index (χ0) is 39.8. The van der Waals surface area contributed by atoms with E-state index in [0.29, 0.717) is 0 Å². The van der Waals surface area contributed by atoms with E-state index in [0.717, 1.165) is 11.4 Å². The van der Waals surface area contributed by atoms with Crippen molar-refractivity contribution in [1.29, 1.82) is 0 Å². The molecule has 0 N–H and O–H groups in total. The molecule has 0 amide bonds. The highest BCUT2D eigenvalue weighted by Gasteiger charge is 2.33. The average Bonchev–Trinajstić information content (AvgIpc) is 3.68. The van der Waals surface area contributed by atoms with Crippen LogP contribution >= 0.6 is 0 Å². The van der Waals surface area contributed by atoms with E-state index in [4.69, 9.17) is 0 Å². The number of nitrogens with zero attached hydrogens (tertiary/aromatic N) is 1. The maximum Gasteiger partial charge on any atom is 0.0543 e. The Morgan fingerprint density at radius 1 is 0.300 bits per heavy atom. The van der Waals surface area contributed by atoms with Crippen LogP contribution in [-0.4, -0.2) is 0 Å². The summed E-state index contributed by atoms with van der Waals surface area (Å²) in [5.41, 5.74) is 19.6. The Balaban J connectivity index is 1.05. The molecule has 0 radical (unpaired) electrons. The fourth-order valence-electron chi connectivity index (χ4n) is 9.37. The third-order valence-corrected chi connectivity index (χ3v) is 12.2. The first-order valence-corrected chi connectivity index (χ1v) is 20.8. The fraction of sp³-hybridized carbons (Fsp3) is 0.0169. The first kappa shape index (κ1) is 35.4. The van der Waals surface area contributed by atoms with Crippen LogP contribution in [0.3, 0.4) is 0 Å². The summed E-state index contributed by atoms with van der Waals surface area (Å²) in [7, 11) is 0. The molecule has 1 aliphatic carbocycles. The van der Waals surface area contributed by atoms with Crippen molar-refractivity contribution in [3.8, 4) is 55.6 Å². The first-order valence-electron chi connectivity index (χ1n) is 20.8. The maximum atomic E-state index is 2.45. The van der Waals surface area contributed by atoms with Gasteiger partial charge in [0, 0.05) is 22.9 Å². The van der Waals surface area contributed by atoms with Crippen LogP contribution < -0.4 is 4.90 Å². The van der Waals surface area contributed by atoms with Crippen molar-refractivity contribution in [2.45, 2.75) is 5.92 Å². The Morgan fingerprint density at radius 3 is 1.55 bits per heavy atom. The van der Waals surface area contributed by atoms with Gasteiger partial charge in [0.15, 0.2) is 0 Å². The highest BCUT2D eigenvalue weighted by atomic mass is 15.1. The zero-order valence-corrected chi connectivity index (χ0v) is 33.1. The highest BCUT2D eigenvalue weighted by Crippen LogP contribution is 2.54. The van der Waals surface area contributed by atoms with Crippen LogP contribution in [0, 0.1) is 0 Å². The van der Waals surface area contributed by atoms with Crippen molar-refractivity contribution in [2.24, 2.45) is 0 Å². The molecule has 0 heterocycles. The molecule has 11 rings (SSSR count). The highest BCUT2D eigenvalue weighted by molar-refractivity contribution is 5.98. The molecule has 10 aromatic rings. The molecule has 1 nitrogen and oxygen atoms in total. The second-order valence-electron chi connectivity index (χ2n) is 15.6. The van der Waals surface area contributed by atoms with Gasteiger partial charge in [-0.2, -0.15) is 0 Å². The lowest BCUT2D eigenvalue weighted by molar-refractivity contribution is 1.01. The van der Waals surface area contributed by atoms with Crippen LogP contribution in [0.5, 0.6) is 0 Å². The third kappa shape index (κ3) is 6.29. The number of fused-ring (bicyclic) bond motifs is 4. The van der Waals surface area contributed by atoms with Gasteiger partial charge in [-0.1, -0.05) is 206 Å². The van der Waals surface area contributed by atoms with E-state index < -0.39 is 0 Å². The third-order valence-electron chi connectivity index (χ3n) is 12.2. The van der Waals surface area contributed by atoms with Crippen LogP contribution in [0.15, 0.2) is 243 Å². The van der Waals surface area contributed by atoms with E-state index in [-0.39, 0.29) is 5.92 Å². The van der Waals surface area contributed by atoms with Crippen molar-refractivity contribution in [1.82, 2.24) is 0 Å². The largest absolute Gasteiger partial charge is 0.310 e. The van der Waals surface area contributed by atoms with Gasteiger partial charge in [-0.25, -0.2) is 0 Å². The molecule has 60 heavy (non-hydrogen) atoms. The van der Waals surface area contributed by atoms with Crippen molar-refractivity contribution >= 4 is 27.8 Å². The van der Waals surface area contributed by atoms with E-state index in [1.54, 1.807) is 0 Å². The van der Waals surface area contributed by atoms with Crippen molar-refractivity contribution in [3.05, 3.63) is 259 Å². The van der Waals surface area contributed by atoms with Crippen LogP contribution in [0.2, 0.25) is 0 Å². The normalized spacial score (nSPS) is 12.8. The molecule has 0 aliphatic heterocycles. The molecule has 1 atom stereocenters. The minimum absolute atomic E-state index is 0.160. The topological polar surface area (TPSA) is 3.24 Å². The zero-order valence-electron chi connectivity index (χ0n) is 33.1. The molecule has 0 saturated heterocycles. The van der Waals surface area contributed by atoms with Gasteiger partial charge in [-0.15, -0.1) is 0 Å². The van der Waals surface area contributed by atoms with E-state index in [9.17, 15) is 0 Å². The summed E-state index contributed by atoms with van der Waals surface area (Å²) < 4.78 is 0. The van der Waals surface area contributed by atoms with E-state index in [2.05, 4.69) is 248 Å². The Bertz CT molecular complexity index is 3110. The fourth-order valence-corrected chi connectivity index (χ4v) is 9.37. The van der Waals surface area contributed by atoms with E-state index >= 15 is 0 Å². The molecule has 282 valence electrons. The van der Waals surface area contributed by atoms with Crippen LogP contribution in [-0.2, 0) is 0 Å². The molecule has 1 unspecified atom stereocenters. The SMILES string of the molecule is c1ccc(-c2ccc(-c3ccc(N(c4ccc(-c5cccc6ccccc56)cc4)c4cccc5c4-c4ccccc4C5c4ccccc4)cc3)cc2-c2ccccc2)cc1. The Hall–Kier alpha value is -7.74. The first-order chi connectivity index (χ1) is 29.8. The molecular weight excluding hydrogens is 723 g/mol. The van der Waals surface area contributed by atoms with Gasteiger partial charge in [0.05, 0.1) is 5.69 Å². The molecule has 0 spiro atoms. The van der Waals surface area contributed by atoms with E-state index in [1.807, 2.05) is 0 Å². The number of rotatable bonds is 8. The minimum atomic E-state index is 0.160. The van der Waals surface area contributed by atoms with Gasteiger partial charge in [-0.05, 0) is 114 Å². The second kappa shape index (κ2) is 15.2. The van der Waals surface area contributed by atoms with Crippen LogP contribution in [0.4, 0.5) is 17.1 Å². The van der Waals surface area contributed by atoms with Crippen LogP contribution in [0.25, 0.3) is 66.4 Å². The van der Waals surface area contributed by atoms with Gasteiger partial charge in [0.2, 0.25) is 0 Å². The summed E-state index contributed by atoms with van der Waals surface area (Å²) in [4.78, 5) is 2.45. The summed E-state index contributed by atoms with van der Waals surface area (Å²) in [6, 6.07) is 88.6. The van der Waals surface area contributed by atoms with Gasteiger partial charge in [0.25, 0.3) is 0 Å². The summed E-state index contributed by atoms with van der Waals surface area (Å²) in [5, 5.41) is 2.51. The molecule has 0 fully saturated rings. The average molecular weight is 764 g/mol. The molecular formula is C59H41N. The number of hydrogen-bond acceptors (Lipinski definition) is 1. The van der Waals surface area contributed by atoms with Crippen molar-refractivity contribution in [3.63, 3.8) is 0 Å². The van der Waals surface area contributed by atoms with Crippen LogP contribution in [0.1, 0.15) is 22.6 Å². The summed E-state index contributed by atoms with van der Waals surface area (Å²) in [6.45, 7) is 0. The molecule has 10 aromatic carbocycles. The van der Waals surface area contributed by atoms with Gasteiger partial charge < -0.3 is 4.90 Å².